The first-order valence-electron chi connectivity index (χ1n) is 4.50. The van der Waals surface area contributed by atoms with E-state index < -0.39 is 11.4 Å². The summed E-state index contributed by atoms with van der Waals surface area (Å²) in [6.07, 6.45) is 1.38. The fourth-order valence-electron chi connectivity index (χ4n) is 1.19. The number of rotatable bonds is 3. The first kappa shape index (κ1) is 10.1. The van der Waals surface area contributed by atoms with E-state index >= 15 is 0 Å². The maximum atomic E-state index is 11.6. The molecule has 2 rings (SSSR count). The minimum atomic E-state index is -0.737. The Morgan fingerprint density at radius 3 is 2.67 bits per heavy atom. The third kappa shape index (κ3) is 1.86. The highest BCUT2D eigenvalue weighted by molar-refractivity contribution is 7.14. The van der Waals surface area contributed by atoms with Crippen molar-refractivity contribution in [2.75, 3.05) is 5.32 Å². The maximum Gasteiger partial charge on any atom is 0.251 e. The van der Waals surface area contributed by atoms with Gasteiger partial charge in [0.1, 0.15) is 5.00 Å². The molecule has 6 heteroatoms. The lowest BCUT2D eigenvalue weighted by atomic mass is 10.2. The lowest BCUT2D eigenvalue weighted by Gasteiger charge is -2.08. The van der Waals surface area contributed by atoms with Crippen LogP contribution in [0.4, 0.5) is 5.00 Å². The molecule has 1 aromatic rings. The van der Waals surface area contributed by atoms with Gasteiger partial charge < -0.3 is 16.8 Å². The molecule has 1 aliphatic carbocycles. The summed E-state index contributed by atoms with van der Waals surface area (Å²) in [6, 6.07) is 1.58. The normalized spacial score (nSPS) is 17.1. The molecule has 0 unspecified atom stereocenters. The van der Waals surface area contributed by atoms with E-state index in [2.05, 4.69) is 5.32 Å². The molecule has 1 heterocycles. The van der Waals surface area contributed by atoms with E-state index in [4.69, 9.17) is 11.5 Å². The molecule has 0 bridgehead atoms. The van der Waals surface area contributed by atoms with E-state index in [1.165, 1.54) is 11.3 Å². The molecule has 2 amide bonds. The number of carbonyl (C=O) groups excluding carboxylic acids is 2. The van der Waals surface area contributed by atoms with E-state index in [-0.39, 0.29) is 5.91 Å². The van der Waals surface area contributed by atoms with Crippen LogP contribution in [0.5, 0.6) is 0 Å². The number of hydrogen-bond donors (Lipinski definition) is 3. The van der Waals surface area contributed by atoms with Crippen molar-refractivity contribution >= 4 is 28.2 Å². The molecule has 5 nitrogen and oxygen atoms in total. The van der Waals surface area contributed by atoms with Gasteiger partial charge in [0.25, 0.3) is 5.91 Å². The predicted octanol–water partition coefficient (Wildman–Crippen LogP) is 0.277. The van der Waals surface area contributed by atoms with Crippen molar-refractivity contribution in [3.8, 4) is 0 Å². The van der Waals surface area contributed by atoms with Gasteiger partial charge >= 0.3 is 0 Å². The quantitative estimate of drug-likeness (QED) is 0.689. The summed E-state index contributed by atoms with van der Waals surface area (Å²) in [5, 5.41) is 4.80. The molecular weight excluding hydrogens is 214 g/mol. The fraction of sp³-hybridized carbons (Fsp3) is 0.333. The van der Waals surface area contributed by atoms with Crippen LogP contribution in [0, 0.1) is 0 Å². The first-order valence-corrected chi connectivity index (χ1v) is 5.38. The Hall–Kier alpha value is -1.40. The highest BCUT2D eigenvalue weighted by Crippen LogP contribution is 2.34. The van der Waals surface area contributed by atoms with Gasteiger partial charge in [-0.15, -0.1) is 11.3 Å². The molecule has 1 fully saturated rings. The average molecular weight is 225 g/mol. The zero-order chi connectivity index (χ0) is 11.1. The van der Waals surface area contributed by atoms with Crippen LogP contribution in [0.25, 0.3) is 0 Å². The average Bonchev–Trinajstić information content (AvgIpc) is 2.77. The number of amides is 2. The van der Waals surface area contributed by atoms with E-state index in [0.717, 1.165) is 0 Å². The largest absolute Gasteiger partial charge is 0.366 e. The van der Waals surface area contributed by atoms with Gasteiger partial charge in [-0.3, -0.25) is 9.59 Å². The highest BCUT2D eigenvalue weighted by atomic mass is 32.1. The van der Waals surface area contributed by atoms with Crippen molar-refractivity contribution in [2.45, 2.75) is 18.4 Å². The molecule has 0 aromatic carbocycles. The van der Waals surface area contributed by atoms with Crippen molar-refractivity contribution in [1.29, 1.82) is 0 Å². The summed E-state index contributed by atoms with van der Waals surface area (Å²) < 4.78 is 0. The Morgan fingerprint density at radius 1 is 1.47 bits per heavy atom. The first-order chi connectivity index (χ1) is 7.03. The lowest BCUT2D eigenvalue weighted by molar-refractivity contribution is -0.118. The topological polar surface area (TPSA) is 98.2 Å². The van der Waals surface area contributed by atoms with E-state index in [1.54, 1.807) is 11.4 Å². The van der Waals surface area contributed by atoms with Gasteiger partial charge in [0.2, 0.25) is 5.91 Å². The fourth-order valence-corrected chi connectivity index (χ4v) is 1.98. The van der Waals surface area contributed by atoms with E-state index in [9.17, 15) is 9.59 Å². The number of hydrogen-bond acceptors (Lipinski definition) is 4. The smallest absolute Gasteiger partial charge is 0.251 e. The predicted molar refractivity (Wildman–Crippen MR) is 57.6 cm³/mol. The molecular formula is C9H11N3O2S. The molecule has 0 spiro atoms. The van der Waals surface area contributed by atoms with Crippen LogP contribution in [-0.2, 0) is 4.79 Å². The second kappa shape index (κ2) is 3.32. The monoisotopic (exact) mass is 225 g/mol. The van der Waals surface area contributed by atoms with Gasteiger partial charge in [-0.1, -0.05) is 0 Å². The second-order valence-corrected chi connectivity index (χ2v) is 4.55. The molecule has 1 saturated carbocycles. The minimum Gasteiger partial charge on any atom is -0.366 e. The van der Waals surface area contributed by atoms with Gasteiger partial charge in [0.15, 0.2) is 0 Å². The summed E-state index contributed by atoms with van der Waals surface area (Å²) in [5.74, 6) is -0.791. The van der Waals surface area contributed by atoms with E-state index in [1.807, 2.05) is 0 Å². The number of thiophene rings is 1. The van der Waals surface area contributed by atoms with Crippen LogP contribution < -0.4 is 16.8 Å². The summed E-state index contributed by atoms with van der Waals surface area (Å²) in [6.45, 7) is 0. The van der Waals surface area contributed by atoms with Gasteiger partial charge in [-0.25, -0.2) is 0 Å². The number of nitrogens with two attached hydrogens (primary N) is 2. The third-order valence-electron chi connectivity index (χ3n) is 2.40. The Labute approximate surface area is 90.4 Å². The van der Waals surface area contributed by atoms with Gasteiger partial charge in [-0.05, 0) is 24.3 Å². The summed E-state index contributed by atoms with van der Waals surface area (Å²) in [4.78, 5) is 22.6. The van der Waals surface area contributed by atoms with Crippen LogP contribution in [0.15, 0.2) is 11.4 Å². The summed E-state index contributed by atoms with van der Waals surface area (Å²) >= 11 is 1.26. The Bertz CT molecular complexity index is 423. The van der Waals surface area contributed by atoms with Crippen molar-refractivity contribution in [3.05, 3.63) is 17.0 Å². The standard InChI is InChI=1S/C9H11N3O2S/c10-6(13)5-1-4-15-7(5)12-8(14)9(11)2-3-9/h1,4H,2-3,11H2,(H2,10,13)(H,12,14). The van der Waals surface area contributed by atoms with Crippen molar-refractivity contribution in [2.24, 2.45) is 11.5 Å². The van der Waals surface area contributed by atoms with Gasteiger partial charge in [-0.2, -0.15) is 0 Å². The molecule has 80 valence electrons. The molecule has 1 aliphatic rings. The van der Waals surface area contributed by atoms with Crippen LogP contribution in [-0.4, -0.2) is 17.4 Å². The van der Waals surface area contributed by atoms with Crippen LogP contribution in [0.2, 0.25) is 0 Å². The van der Waals surface area contributed by atoms with Crippen molar-refractivity contribution in [3.63, 3.8) is 0 Å². The molecule has 1 aromatic heterocycles. The number of primary amides is 1. The van der Waals surface area contributed by atoms with Gasteiger partial charge in [0, 0.05) is 0 Å². The van der Waals surface area contributed by atoms with Crippen LogP contribution >= 0.6 is 11.3 Å². The summed E-state index contributed by atoms with van der Waals surface area (Å²) in [7, 11) is 0. The Morgan fingerprint density at radius 2 is 2.13 bits per heavy atom. The Kier molecular flexibility index (Phi) is 2.24. The molecule has 0 atom stereocenters. The molecule has 0 saturated heterocycles. The van der Waals surface area contributed by atoms with E-state index in [0.29, 0.717) is 23.4 Å². The molecule has 0 aliphatic heterocycles. The number of nitrogens with one attached hydrogen (secondary N) is 1. The zero-order valence-corrected chi connectivity index (χ0v) is 8.76. The SMILES string of the molecule is NC(=O)c1ccsc1NC(=O)C1(N)CC1. The lowest BCUT2D eigenvalue weighted by Crippen LogP contribution is -2.38. The zero-order valence-electron chi connectivity index (χ0n) is 7.95. The number of anilines is 1. The molecule has 5 N–H and O–H groups in total. The van der Waals surface area contributed by atoms with Crippen LogP contribution in [0.3, 0.4) is 0 Å². The minimum absolute atomic E-state index is 0.243. The van der Waals surface area contributed by atoms with Crippen molar-refractivity contribution in [1.82, 2.24) is 0 Å². The molecule has 15 heavy (non-hydrogen) atoms. The second-order valence-electron chi connectivity index (χ2n) is 3.64. The van der Waals surface area contributed by atoms with Gasteiger partial charge in [0.05, 0.1) is 11.1 Å². The molecule has 0 radical (unpaired) electrons. The Balaban J connectivity index is 2.14. The summed E-state index contributed by atoms with van der Waals surface area (Å²) in [5.41, 5.74) is 10.4. The maximum absolute atomic E-state index is 11.6. The third-order valence-corrected chi connectivity index (χ3v) is 3.23. The van der Waals surface area contributed by atoms with Crippen LogP contribution in [0.1, 0.15) is 23.2 Å². The number of carbonyl (C=O) groups is 2. The van der Waals surface area contributed by atoms with Crippen molar-refractivity contribution < 1.29 is 9.59 Å². The highest BCUT2D eigenvalue weighted by Gasteiger charge is 2.46.